The summed E-state index contributed by atoms with van der Waals surface area (Å²) in [5, 5.41) is -0.344. The van der Waals surface area contributed by atoms with Crippen molar-refractivity contribution in [3.63, 3.8) is 0 Å². The lowest BCUT2D eigenvalue weighted by atomic mass is 9.68. The van der Waals surface area contributed by atoms with E-state index in [4.69, 9.17) is 16.3 Å². The Morgan fingerprint density at radius 1 is 1.44 bits per heavy atom. The molecule has 3 aliphatic rings. The summed E-state index contributed by atoms with van der Waals surface area (Å²) >= 11 is 5.99. The molecule has 4 heteroatoms. The minimum Gasteiger partial charge on any atom is -0.378 e. The number of ether oxygens (including phenoxy) is 1. The van der Waals surface area contributed by atoms with Crippen molar-refractivity contribution in [3.8, 4) is 0 Å². The van der Waals surface area contributed by atoms with Gasteiger partial charge in [-0.3, -0.25) is 4.79 Å². The summed E-state index contributed by atoms with van der Waals surface area (Å²) in [6.07, 6.45) is 2.32. The van der Waals surface area contributed by atoms with E-state index in [1.165, 1.54) is 6.42 Å². The summed E-state index contributed by atoms with van der Waals surface area (Å²) in [6.45, 7) is 6.43. The van der Waals surface area contributed by atoms with Crippen LogP contribution >= 0.6 is 11.6 Å². The van der Waals surface area contributed by atoms with Gasteiger partial charge < -0.3 is 9.64 Å². The average Bonchev–Trinajstić information content (AvgIpc) is 2.34. The highest BCUT2D eigenvalue weighted by molar-refractivity contribution is 6.30. The van der Waals surface area contributed by atoms with Gasteiger partial charge in [-0.1, -0.05) is 6.92 Å². The minimum atomic E-state index is -0.344. The van der Waals surface area contributed by atoms with Gasteiger partial charge in [0.15, 0.2) is 0 Å². The van der Waals surface area contributed by atoms with Gasteiger partial charge in [0.2, 0.25) is 5.91 Å². The lowest BCUT2D eigenvalue weighted by Crippen LogP contribution is -2.61. The van der Waals surface area contributed by atoms with Crippen LogP contribution in [0.15, 0.2) is 0 Å². The van der Waals surface area contributed by atoms with Crippen LogP contribution in [-0.2, 0) is 9.53 Å². The zero-order chi connectivity index (χ0) is 11.7. The van der Waals surface area contributed by atoms with Gasteiger partial charge in [-0.15, -0.1) is 11.6 Å². The van der Waals surface area contributed by atoms with E-state index in [9.17, 15) is 4.79 Å². The third kappa shape index (κ3) is 2.07. The maximum absolute atomic E-state index is 11.9. The predicted molar refractivity (Wildman–Crippen MR) is 63.5 cm³/mol. The Balaban J connectivity index is 1.88. The number of piperidine rings is 2. The third-order valence-corrected chi connectivity index (χ3v) is 4.24. The van der Waals surface area contributed by atoms with Gasteiger partial charge in [0.05, 0.1) is 6.10 Å². The molecular weight excluding hydrogens is 226 g/mol. The summed E-state index contributed by atoms with van der Waals surface area (Å²) in [5.41, 5.74) is 0. The molecule has 1 amide bonds. The van der Waals surface area contributed by atoms with Crippen molar-refractivity contribution in [1.29, 1.82) is 0 Å². The third-order valence-electron chi connectivity index (χ3n) is 3.74. The summed E-state index contributed by atoms with van der Waals surface area (Å²) < 4.78 is 5.69. The number of amides is 1. The molecule has 0 aromatic rings. The van der Waals surface area contributed by atoms with Crippen molar-refractivity contribution in [1.82, 2.24) is 4.90 Å². The van der Waals surface area contributed by atoms with Crippen molar-refractivity contribution >= 4 is 17.5 Å². The Labute approximate surface area is 102 Å². The normalized spacial score (nSPS) is 34.4. The number of hydrogen-bond donors (Lipinski definition) is 0. The molecule has 3 nitrogen and oxygen atoms in total. The van der Waals surface area contributed by atoms with Crippen molar-refractivity contribution in [3.05, 3.63) is 0 Å². The molecule has 2 heterocycles. The molecule has 3 rings (SSSR count). The van der Waals surface area contributed by atoms with Crippen molar-refractivity contribution in [2.75, 3.05) is 19.7 Å². The maximum Gasteiger partial charge on any atom is 0.240 e. The molecule has 1 saturated carbocycles. The van der Waals surface area contributed by atoms with Gasteiger partial charge >= 0.3 is 0 Å². The zero-order valence-electron chi connectivity index (χ0n) is 9.99. The molecule has 0 N–H and O–H groups in total. The zero-order valence-corrected chi connectivity index (χ0v) is 10.7. The van der Waals surface area contributed by atoms with Crippen LogP contribution in [0.2, 0.25) is 0 Å². The number of nitrogens with zero attached hydrogens (tertiary/aromatic N) is 1. The van der Waals surface area contributed by atoms with E-state index >= 15 is 0 Å². The van der Waals surface area contributed by atoms with Gasteiger partial charge in [-0.05, 0) is 19.8 Å². The number of halogens is 1. The molecule has 3 atom stereocenters. The fourth-order valence-electron chi connectivity index (χ4n) is 2.86. The van der Waals surface area contributed by atoms with Crippen LogP contribution in [-0.4, -0.2) is 42.0 Å². The van der Waals surface area contributed by atoms with E-state index in [2.05, 4.69) is 0 Å². The Bertz CT molecular complexity index is 260. The molecule has 16 heavy (non-hydrogen) atoms. The van der Waals surface area contributed by atoms with Gasteiger partial charge in [-0.25, -0.2) is 0 Å². The van der Waals surface area contributed by atoms with Crippen LogP contribution in [0.3, 0.4) is 0 Å². The molecule has 0 unspecified atom stereocenters. The highest BCUT2D eigenvalue weighted by Crippen LogP contribution is 2.42. The molecule has 1 aliphatic carbocycles. The quantitative estimate of drug-likeness (QED) is 0.708. The first kappa shape index (κ1) is 12.2. The van der Waals surface area contributed by atoms with E-state index in [1.54, 1.807) is 0 Å². The largest absolute Gasteiger partial charge is 0.378 e. The van der Waals surface area contributed by atoms with E-state index in [0.717, 1.165) is 19.7 Å². The first-order valence-corrected chi connectivity index (χ1v) is 6.65. The molecule has 3 fully saturated rings. The smallest absolute Gasteiger partial charge is 0.240 e. The van der Waals surface area contributed by atoms with Gasteiger partial charge in [0, 0.05) is 31.5 Å². The standard InChI is InChI=1S/C12H20ClNO2/c1-3-10(13)12(15)14-6-8-5-9(7-14)11(8)16-4-2/h8-11H,3-7H2,1-2H3/t8-,9-,10-/m0/s1. The fraction of sp³-hybridized carbons (Fsp3) is 0.917. The summed E-state index contributed by atoms with van der Waals surface area (Å²) in [4.78, 5) is 13.8. The Morgan fingerprint density at radius 2 is 2.06 bits per heavy atom. The van der Waals surface area contributed by atoms with E-state index in [0.29, 0.717) is 24.4 Å². The molecule has 0 radical (unpaired) electrons. The van der Waals surface area contributed by atoms with E-state index in [1.807, 2.05) is 18.7 Å². The number of alkyl halides is 1. The van der Waals surface area contributed by atoms with Crippen LogP contribution in [0.4, 0.5) is 0 Å². The fourth-order valence-corrected chi connectivity index (χ4v) is 3.00. The van der Waals surface area contributed by atoms with Crippen LogP contribution in [0.5, 0.6) is 0 Å². The average molecular weight is 246 g/mol. The molecule has 0 aromatic carbocycles. The van der Waals surface area contributed by atoms with Crippen LogP contribution in [0, 0.1) is 11.8 Å². The Kier molecular flexibility index (Phi) is 3.75. The second-order valence-electron chi connectivity index (χ2n) is 4.79. The van der Waals surface area contributed by atoms with Crippen LogP contribution < -0.4 is 0 Å². The highest BCUT2D eigenvalue weighted by atomic mass is 35.5. The van der Waals surface area contributed by atoms with E-state index < -0.39 is 0 Å². The topological polar surface area (TPSA) is 29.5 Å². The first-order valence-electron chi connectivity index (χ1n) is 6.21. The molecule has 92 valence electrons. The second kappa shape index (κ2) is 4.92. The van der Waals surface area contributed by atoms with Crippen LogP contribution in [0.1, 0.15) is 26.7 Å². The molecule has 0 spiro atoms. The van der Waals surface area contributed by atoms with Gasteiger partial charge in [0.1, 0.15) is 5.38 Å². The summed E-state index contributed by atoms with van der Waals surface area (Å²) in [5.74, 6) is 1.19. The maximum atomic E-state index is 11.9. The van der Waals surface area contributed by atoms with E-state index in [-0.39, 0.29) is 11.3 Å². The molecule has 2 aliphatic heterocycles. The predicted octanol–water partition coefficient (Wildman–Crippen LogP) is 1.89. The monoisotopic (exact) mass is 245 g/mol. The Hall–Kier alpha value is -0.280. The second-order valence-corrected chi connectivity index (χ2v) is 5.32. The molecule has 0 aromatic heterocycles. The lowest BCUT2D eigenvalue weighted by Gasteiger charge is -2.53. The molecule has 2 bridgehead atoms. The number of carbonyl (C=O) groups excluding carboxylic acids is 1. The van der Waals surface area contributed by atoms with Crippen molar-refractivity contribution < 1.29 is 9.53 Å². The number of fused-ring (bicyclic) bond motifs is 2. The van der Waals surface area contributed by atoms with Gasteiger partial charge in [-0.2, -0.15) is 0 Å². The minimum absolute atomic E-state index is 0.105. The van der Waals surface area contributed by atoms with Crippen molar-refractivity contribution in [2.45, 2.75) is 38.2 Å². The number of carbonyl (C=O) groups is 1. The number of rotatable bonds is 4. The summed E-state index contributed by atoms with van der Waals surface area (Å²) in [7, 11) is 0. The lowest BCUT2D eigenvalue weighted by molar-refractivity contribution is -0.160. The number of hydrogen-bond acceptors (Lipinski definition) is 2. The molecule has 2 saturated heterocycles. The van der Waals surface area contributed by atoms with Crippen LogP contribution in [0.25, 0.3) is 0 Å². The first-order chi connectivity index (χ1) is 7.67. The highest BCUT2D eigenvalue weighted by Gasteiger charge is 2.48. The SMILES string of the molecule is CCOC1[C@H]2C[C@H]1CN(C(=O)[C@@H](Cl)CC)C2. The molecular formula is C12H20ClNO2. The Morgan fingerprint density at radius 3 is 2.56 bits per heavy atom. The summed E-state index contributed by atoms with van der Waals surface area (Å²) in [6, 6.07) is 0. The van der Waals surface area contributed by atoms with Crippen molar-refractivity contribution in [2.24, 2.45) is 11.8 Å². The van der Waals surface area contributed by atoms with Gasteiger partial charge in [0.25, 0.3) is 0 Å².